The number of rotatable bonds is 3. The molecule has 7 heteroatoms. The Hall–Kier alpha value is -1.76. The summed E-state index contributed by atoms with van der Waals surface area (Å²) in [6, 6.07) is 4.49. The van der Waals surface area contributed by atoms with Crippen molar-refractivity contribution in [3.63, 3.8) is 0 Å². The lowest BCUT2D eigenvalue weighted by atomic mass is 10.2. The summed E-state index contributed by atoms with van der Waals surface area (Å²) < 4.78 is 28.9. The summed E-state index contributed by atoms with van der Waals surface area (Å²) in [5.41, 5.74) is 5.86. The number of aryl methyl sites for hydroxylation is 1. The topological polar surface area (TPSA) is 98.5 Å². The van der Waals surface area contributed by atoms with Crippen molar-refractivity contribution in [2.24, 2.45) is 5.73 Å². The maximum atomic E-state index is 11.0. The van der Waals surface area contributed by atoms with Crippen LogP contribution in [0.3, 0.4) is 0 Å². The number of primary amides is 1. The number of anilines is 1. The van der Waals surface area contributed by atoms with Gasteiger partial charge < -0.3 is 10.5 Å². The van der Waals surface area contributed by atoms with Crippen LogP contribution < -0.4 is 15.2 Å². The lowest BCUT2D eigenvalue weighted by molar-refractivity contribution is 0.210. The molecule has 0 aliphatic carbocycles. The highest BCUT2D eigenvalue weighted by molar-refractivity contribution is 7.92. The number of ether oxygens (including phenoxy) is 1. The van der Waals surface area contributed by atoms with Crippen LogP contribution in [0.4, 0.5) is 10.5 Å². The van der Waals surface area contributed by atoms with Crippen molar-refractivity contribution in [3.8, 4) is 5.75 Å². The number of sulfonamides is 1. The lowest BCUT2D eigenvalue weighted by Gasteiger charge is -2.08. The van der Waals surface area contributed by atoms with E-state index in [0.717, 1.165) is 6.26 Å². The van der Waals surface area contributed by atoms with Gasteiger partial charge in [0.15, 0.2) is 0 Å². The van der Waals surface area contributed by atoms with Crippen molar-refractivity contribution < 1.29 is 17.9 Å². The highest BCUT2D eigenvalue weighted by Crippen LogP contribution is 2.22. The van der Waals surface area contributed by atoms with Gasteiger partial charge in [-0.1, -0.05) is 0 Å². The molecule has 1 aromatic rings. The monoisotopic (exact) mass is 244 g/mol. The van der Waals surface area contributed by atoms with Gasteiger partial charge in [0.1, 0.15) is 5.75 Å². The van der Waals surface area contributed by atoms with Gasteiger partial charge in [-0.2, -0.15) is 0 Å². The number of hydrogen-bond acceptors (Lipinski definition) is 4. The molecule has 16 heavy (non-hydrogen) atoms. The number of carbonyl (C=O) groups excluding carboxylic acids is 1. The second kappa shape index (κ2) is 4.40. The summed E-state index contributed by atoms with van der Waals surface area (Å²) in [5.74, 6) is 0.298. The van der Waals surface area contributed by atoms with E-state index in [2.05, 4.69) is 4.72 Å². The van der Waals surface area contributed by atoms with E-state index in [1.165, 1.54) is 12.1 Å². The van der Waals surface area contributed by atoms with Crippen molar-refractivity contribution in [2.75, 3.05) is 11.0 Å². The molecule has 0 unspecified atom stereocenters. The average molecular weight is 244 g/mol. The fourth-order valence-corrected chi connectivity index (χ4v) is 1.70. The second-order valence-electron chi connectivity index (χ2n) is 3.28. The molecule has 0 aliphatic rings. The number of nitrogens with one attached hydrogen (secondary N) is 1. The van der Waals surface area contributed by atoms with Gasteiger partial charge in [-0.05, 0) is 30.7 Å². The molecule has 0 heterocycles. The molecular weight excluding hydrogens is 232 g/mol. The van der Waals surface area contributed by atoms with Gasteiger partial charge in [0.25, 0.3) is 0 Å². The zero-order chi connectivity index (χ0) is 12.3. The number of nitrogens with two attached hydrogens (primary N) is 1. The normalized spacial score (nSPS) is 10.9. The molecule has 88 valence electrons. The van der Waals surface area contributed by atoms with Gasteiger partial charge in [-0.25, -0.2) is 13.2 Å². The minimum Gasteiger partial charge on any atom is -0.410 e. The van der Waals surface area contributed by atoms with Crippen LogP contribution in [-0.4, -0.2) is 20.8 Å². The summed E-state index contributed by atoms with van der Waals surface area (Å²) in [7, 11) is -3.31. The Morgan fingerprint density at radius 2 is 2.06 bits per heavy atom. The number of amides is 1. The molecule has 0 radical (unpaired) electrons. The zero-order valence-corrected chi connectivity index (χ0v) is 9.67. The van der Waals surface area contributed by atoms with Gasteiger partial charge in [-0.3, -0.25) is 4.72 Å². The summed E-state index contributed by atoms with van der Waals surface area (Å²) in [6.45, 7) is 1.67. The Labute approximate surface area is 93.5 Å². The molecule has 0 saturated carbocycles. The molecule has 3 N–H and O–H groups in total. The van der Waals surface area contributed by atoms with E-state index in [9.17, 15) is 13.2 Å². The van der Waals surface area contributed by atoms with E-state index in [4.69, 9.17) is 10.5 Å². The molecule has 1 aromatic carbocycles. The maximum absolute atomic E-state index is 11.0. The first-order chi connectivity index (χ1) is 7.28. The van der Waals surface area contributed by atoms with Gasteiger partial charge >= 0.3 is 6.09 Å². The number of hydrogen-bond donors (Lipinski definition) is 2. The summed E-state index contributed by atoms with van der Waals surface area (Å²) in [6.07, 6.45) is 0.141. The second-order valence-corrected chi connectivity index (χ2v) is 5.02. The molecule has 0 aromatic heterocycles. The van der Waals surface area contributed by atoms with Gasteiger partial charge in [0.05, 0.1) is 6.26 Å². The first-order valence-electron chi connectivity index (χ1n) is 4.33. The van der Waals surface area contributed by atoms with Crippen LogP contribution in [0.15, 0.2) is 18.2 Å². The molecule has 0 fully saturated rings. The van der Waals surface area contributed by atoms with Crippen LogP contribution in [0.1, 0.15) is 5.56 Å². The van der Waals surface area contributed by atoms with Crippen LogP contribution in [0.2, 0.25) is 0 Å². The van der Waals surface area contributed by atoms with Crippen molar-refractivity contribution in [1.29, 1.82) is 0 Å². The van der Waals surface area contributed by atoms with E-state index < -0.39 is 16.1 Å². The molecule has 0 spiro atoms. The van der Waals surface area contributed by atoms with Gasteiger partial charge in [0, 0.05) is 5.69 Å². The quantitative estimate of drug-likeness (QED) is 0.822. The summed E-state index contributed by atoms with van der Waals surface area (Å²) in [5, 5.41) is 0. The van der Waals surface area contributed by atoms with E-state index in [1.807, 2.05) is 0 Å². The first kappa shape index (κ1) is 12.3. The fraction of sp³-hybridized carbons (Fsp3) is 0.222. The SMILES string of the molecule is Cc1cc(NS(C)(=O)=O)ccc1OC(N)=O. The zero-order valence-electron chi connectivity index (χ0n) is 8.85. The summed E-state index contributed by atoms with van der Waals surface area (Å²) in [4.78, 5) is 10.5. The highest BCUT2D eigenvalue weighted by atomic mass is 32.2. The molecular formula is C9H12N2O4S. The van der Waals surface area contributed by atoms with E-state index >= 15 is 0 Å². The number of carbonyl (C=O) groups is 1. The predicted octanol–water partition coefficient (Wildman–Crippen LogP) is 0.824. The fourth-order valence-electron chi connectivity index (χ4n) is 1.15. The van der Waals surface area contributed by atoms with E-state index in [1.54, 1.807) is 13.0 Å². The van der Waals surface area contributed by atoms with Crippen molar-refractivity contribution in [2.45, 2.75) is 6.92 Å². The third-order valence-corrected chi connectivity index (χ3v) is 2.30. The molecule has 1 rings (SSSR count). The summed E-state index contributed by atoms with van der Waals surface area (Å²) >= 11 is 0. The average Bonchev–Trinajstić information content (AvgIpc) is 2.06. The van der Waals surface area contributed by atoms with E-state index in [-0.39, 0.29) is 0 Å². The maximum Gasteiger partial charge on any atom is 0.409 e. The predicted molar refractivity (Wildman–Crippen MR) is 59.9 cm³/mol. The van der Waals surface area contributed by atoms with Crippen LogP contribution in [0, 0.1) is 6.92 Å². The largest absolute Gasteiger partial charge is 0.410 e. The van der Waals surface area contributed by atoms with Crippen LogP contribution in [-0.2, 0) is 10.0 Å². The number of benzene rings is 1. The third-order valence-electron chi connectivity index (χ3n) is 1.69. The molecule has 1 amide bonds. The Bertz CT molecular complexity index is 510. The van der Waals surface area contributed by atoms with Gasteiger partial charge in [0.2, 0.25) is 10.0 Å². The van der Waals surface area contributed by atoms with Gasteiger partial charge in [-0.15, -0.1) is 0 Å². The molecule has 6 nitrogen and oxygen atoms in total. The molecule has 0 aliphatic heterocycles. The Balaban J connectivity index is 2.95. The van der Waals surface area contributed by atoms with Crippen LogP contribution in [0.25, 0.3) is 0 Å². The highest BCUT2D eigenvalue weighted by Gasteiger charge is 2.06. The molecule has 0 saturated heterocycles. The first-order valence-corrected chi connectivity index (χ1v) is 6.23. The molecule has 0 bridgehead atoms. The Morgan fingerprint density at radius 3 is 2.50 bits per heavy atom. The smallest absolute Gasteiger partial charge is 0.409 e. The van der Waals surface area contributed by atoms with E-state index in [0.29, 0.717) is 17.0 Å². The van der Waals surface area contributed by atoms with Crippen molar-refractivity contribution in [3.05, 3.63) is 23.8 Å². The lowest BCUT2D eigenvalue weighted by Crippen LogP contribution is -2.17. The standard InChI is InChI=1S/C9H12N2O4S/c1-6-5-7(11-16(2,13)14)3-4-8(6)15-9(10)12/h3-5,11H,1-2H3,(H2,10,12). The molecule has 0 atom stereocenters. The minimum atomic E-state index is -3.31. The minimum absolute atomic E-state index is 0.298. The van der Waals surface area contributed by atoms with Crippen molar-refractivity contribution >= 4 is 21.8 Å². The third kappa shape index (κ3) is 3.77. The Kier molecular flexibility index (Phi) is 3.38. The Morgan fingerprint density at radius 1 is 1.44 bits per heavy atom. The van der Waals surface area contributed by atoms with Crippen molar-refractivity contribution in [1.82, 2.24) is 0 Å². The van der Waals surface area contributed by atoms with Crippen LogP contribution in [0.5, 0.6) is 5.75 Å². The van der Waals surface area contributed by atoms with Crippen LogP contribution >= 0.6 is 0 Å².